The molecular formula is C15H23N3. The van der Waals surface area contributed by atoms with Crippen LogP contribution in [0.25, 0.3) is 11.0 Å². The summed E-state index contributed by atoms with van der Waals surface area (Å²) in [5, 5.41) is 0. The van der Waals surface area contributed by atoms with Gasteiger partial charge >= 0.3 is 0 Å². The van der Waals surface area contributed by atoms with E-state index in [1.165, 1.54) is 11.1 Å². The predicted molar refractivity (Wildman–Crippen MR) is 76.9 cm³/mol. The van der Waals surface area contributed by atoms with Crippen LogP contribution in [0.1, 0.15) is 50.5 Å². The van der Waals surface area contributed by atoms with Crippen LogP contribution in [0.2, 0.25) is 0 Å². The molecule has 2 aromatic rings. The molecule has 18 heavy (non-hydrogen) atoms. The molecule has 98 valence electrons. The van der Waals surface area contributed by atoms with Crippen molar-refractivity contribution >= 4 is 11.0 Å². The maximum atomic E-state index is 5.88. The van der Waals surface area contributed by atoms with Crippen molar-refractivity contribution in [3.8, 4) is 0 Å². The van der Waals surface area contributed by atoms with Crippen molar-refractivity contribution in [2.24, 2.45) is 5.73 Å². The Morgan fingerprint density at radius 3 is 2.61 bits per heavy atom. The molecule has 1 aromatic heterocycles. The smallest absolute Gasteiger partial charge is 0.114 e. The highest BCUT2D eigenvalue weighted by Crippen LogP contribution is 2.27. The maximum absolute atomic E-state index is 5.88. The van der Waals surface area contributed by atoms with E-state index in [0.29, 0.717) is 18.5 Å². The lowest BCUT2D eigenvalue weighted by Gasteiger charge is -2.18. The fourth-order valence-electron chi connectivity index (χ4n) is 2.51. The number of fused-ring (bicyclic) bond motifs is 1. The second-order valence-electron chi connectivity index (χ2n) is 5.27. The van der Waals surface area contributed by atoms with Crippen LogP contribution >= 0.6 is 0 Å². The average molecular weight is 245 g/mol. The van der Waals surface area contributed by atoms with E-state index in [9.17, 15) is 0 Å². The van der Waals surface area contributed by atoms with Gasteiger partial charge in [0.1, 0.15) is 5.82 Å². The summed E-state index contributed by atoms with van der Waals surface area (Å²) in [5.41, 5.74) is 9.44. The van der Waals surface area contributed by atoms with Crippen molar-refractivity contribution in [3.63, 3.8) is 0 Å². The van der Waals surface area contributed by atoms with E-state index in [0.717, 1.165) is 17.8 Å². The number of nitrogens with zero attached hydrogens (tertiary/aromatic N) is 2. The van der Waals surface area contributed by atoms with Gasteiger partial charge in [-0.3, -0.25) is 0 Å². The Balaban J connectivity index is 2.68. The summed E-state index contributed by atoms with van der Waals surface area (Å²) in [6.45, 7) is 9.34. The van der Waals surface area contributed by atoms with Gasteiger partial charge in [-0.1, -0.05) is 13.0 Å². The quantitative estimate of drug-likeness (QED) is 0.897. The highest BCUT2D eigenvalue weighted by Gasteiger charge is 2.19. The fraction of sp³-hybridized carbons (Fsp3) is 0.533. The number of aromatic nitrogens is 2. The lowest BCUT2D eigenvalue weighted by atomic mass is 10.1. The summed E-state index contributed by atoms with van der Waals surface area (Å²) in [6.07, 6.45) is 1.03. The zero-order valence-electron chi connectivity index (χ0n) is 11.8. The van der Waals surface area contributed by atoms with Crippen LogP contribution < -0.4 is 5.73 Å². The van der Waals surface area contributed by atoms with Crippen LogP contribution in [0, 0.1) is 6.92 Å². The predicted octanol–water partition coefficient (Wildman–Crippen LogP) is 3.38. The van der Waals surface area contributed by atoms with Crippen molar-refractivity contribution in [1.29, 1.82) is 0 Å². The molecule has 0 spiro atoms. The van der Waals surface area contributed by atoms with Crippen molar-refractivity contribution in [2.45, 2.75) is 46.1 Å². The number of aryl methyl sites for hydroxylation is 1. The first kappa shape index (κ1) is 13.1. The highest BCUT2D eigenvalue weighted by atomic mass is 15.1. The molecule has 2 N–H and O–H groups in total. The Labute approximate surface area is 109 Å². The molecule has 0 saturated heterocycles. The first-order chi connectivity index (χ1) is 8.58. The van der Waals surface area contributed by atoms with E-state index in [4.69, 9.17) is 10.7 Å². The minimum Gasteiger partial charge on any atom is -0.330 e. The van der Waals surface area contributed by atoms with Crippen LogP contribution in [0.4, 0.5) is 0 Å². The van der Waals surface area contributed by atoms with E-state index >= 15 is 0 Å². The number of rotatable bonds is 4. The maximum Gasteiger partial charge on any atom is 0.114 e. The lowest BCUT2D eigenvalue weighted by Crippen LogP contribution is -2.17. The Hall–Kier alpha value is -1.35. The molecular weight excluding hydrogens is 222 g/mol. The molecule has 0 amide bonds. The molecule has 0 radical (unpaired) electrons. The third-order valence-corrected chi connectivity index (χ3v) is 3.53. The van der Waals surface area contributed by atoms with Gasteiger partial charge in [0.25, 0.3) is 0 Å². The number of nitrogens with two attached hydrogens (primary N) is 1. The third-order valence-electron chi connectivity index (χ3n) is 3.53. The zero-order chi connectivity index (χ0) is 13.3. The van der Waals surface area contributed by atoms with Gasteiger partial charge in [-0.2, -0.15) is 0 Å². The third kappa shape index (κ3) is 2.15. The molecule has 3 nitrogen and oxygen atoms in total. The van der Waals surface area contributed by atoms with Gasteiger partial charge in [-0.25, -0.2) is 4.98 Å². The molecule has 0 aliphatic heterocycles. The van der Waals surface area contributed by atoms with Crippen molar-refractivity contribution in [1.82, 2.24) is 9.55 Å². The molecule has 1 heterocycles. The van der Waals surface area contributed by atoms with Crippen LogP contribution in [0.5, 0.6) is 0 Å². The molecule has 0 saturated carbocycles. The first-order valence-corrected chi connectivity index (χ1v) is 6.77. The molecule has 2 rings (SSSR count). The molecule has 1 aromatic carbocycles. The Morgan fingerprint density at radius 2 is 2.06 bits per heavy atom. The lowest BCUT2D eigenvalue weighted by molar-refractivity contribution is 0.530. The summed E-state index contributed by atoms with van der Waals surface area (Å²) in [7, 11) is 0. The SMILES string of the molecule is CCC(CN)c1nc2cc(C)ccc2n1C(C)C. The second-order valence-corrected chi connectivity index (χ2v) is 5.27. The summed E-state index contributed by atoms with van der Waals surface area (Å²) < 4.78 is 2.33. The Bertz CT molecular complexity index is 536. The molecule has 0 fully saturated rings. The van der Waals surface area contributed by atoms with Gasteiger partial charge in [0.2, 0.25) is 0 Å². The van der Waals surface area contributed by atoms with Crippen LogP contribution in [0.3, 0.4) is 0 Å². The van der Waals surface area contributed by atoms with Crippen LogP contribution in [-0.4, -0.2) is 16.1 Å². The minimum absolute atomic E-state index is 0.347. The molecule has 0 aliphatic carbocycles. The van der Waals surface area contributed by atoms with Crippen LogP contribution in [0.15, 0.2) is 18.2 Å². The summed E-state index contributed by atoms with van der Waals surface area (Å²) in [5.74, 6) is 1.48. The van der Waals surface area contributed by atoms with Crippen molar-refractivity contribution in [3.05, 3.63) is 29.6 Å². The van der Waals surface area contributed by atoms with Crippen LogP contribution in [-0.2, 0) is 0 Å². The van der Waals surface area contributed by atoms with Gasteiger partial charge < -0.3 is 10.3 Å². The number of hydrogen-bond donors (Lipinski definition) is 1. The number of benzene rings is 1. The topological polar surface area (TPSA) is 43.8 Å². The Kier molecular flexibility index (Phi) is 3.71. The number of imidazole rings is 1. The summed E-state index contributed by atoms with van der Waals surface area (Å²) >= 11 is 0. The van der Waals surface area contributed by atoms with Gasteiger partial charge in [-0.05, 0) is 44.9 Å². The Morgan fingerprint density at radius 1 is 1.33 bits per heavy atom. The highest BCUT2D eigenvalue weighted by molar-refractivity contribution is 5.77. The van der Waals surface area contributed by atoms with E-state index < -0.39 is 0 Å². The van der Waals surface area contributed by atoms with E-state index in [1.54, 1.807) is 0 Å². The van der Waals surface area contributed by atoms with Crippen molar-refractivity contribution in [2.75, 3.05) is 6.54 Å². The van der Waals surface area contributed by atoms with Crippen molar-refractivity contribution < 1.29 is 0 Å². The molecule has 3 heteroatoms. The molecule has 0 bridgehead atoms. The zero-order valence-corrected chi connectivity index (χ0v) is 11.8. The van der Waals surface area contributed by atoms with E-state index in [2.05, 4.69) is 50.5 Å². The monoisotopic (exact) mass is 245 g/mol. The van der Waals surface area contributed by atoms with E-state index in [-0.39, 0.29) is 0 Å². The first-order valence-electron chi connectivity index (χ1n) is 6.77. The van der Waals surface area contributed by atoms with Gasteiger partial charge in [-0.15, -0.1) is 0 Å². The van der Waals surface area contributed by atoms with Gasteiger partial charge in [0.05, 0.1) is 11.0 Å². The normalized spacial score (nSPS) is 13.4. The minimum atomic E-state index is 0.347. The number of hydrogen-bond acceptors (Lipinski definition) is 2. The fourth-order valence-corrected chi connectivity index (χ4v) is 2.51. The largest absolute Gasteiger partial charge is 0.330 e. The molecule has 1 atom stereocenters. The van der Waals surface area contributed by atoms with Gasteiger partial charge in [0.15, 0.2) is 0 Å². The standard InChI is InChI=1S/C15H23N3/c1-5-12(9-16)15-17-13-8-11(4)6-7-14(13)18(15)10(2)3/h6-8,10,12H,5,9,16H2,1-4H3. The molecule has 0 aliphatic rings. The summed E-state index contributed by atoms with van der Waals surface area (Å²) in [6, 6.07) is 6.88. The average Bonchev–Trinajstić information content (AvgIpc) is 2.68. The second kappa shape index (κ2) is 5.11. The summed E-state index contributed by atoms with van der Waals surface area (Å²) in [4.78, 5) is 4.82. The molecule has 1 unspecified atom stereocenters. The van der Waals surface area contributed by atoms with Gasteiger partial charge in [0, 0.05) is 18.5 Å². The van der Waals surface area contributed by atoms with E-state index in [1.807, 2.05) is 0 Å².